The molecule has 0 saturated carbocycles. The molecule has 3 rings (SSSR count). The van der Waals surface area contributed by atoms with Crippen molar-refractivity contribution in [3.8, 4) is 11.3 Å². The Kier molecular flexibility index (Phi) is 5.15. The quantitative estimate of drug-likeness (QED) is 0.640. The summed E-state index contributed by atoms with van der Waals surface area (Å²) in [6, 6.07) is 11.3. The molecule has 0 aliphatic rings. The molecule has 25 heavy (non-hydrogen) atoms. The van der Waals surface area contributed by atoms with Crippen molar-refractivity contribution in [1.82, 2.24) is 15.0 Å². The van der Waals surface area contributed by atoms with E-state index in [-0.39, 0.29) is 18.5 Å². The number of hydrogen-bond acceptors (Lipinski definition) is 6. The average molecular weight is 339 g/mol. The highest BCUT2D eigenvalue weighted by Gasteiger charge is 2.09. The summed E-state index contributed by atoms with van der Waals surface area (Å²) in [5.41, 5.74) is 2.30. The molecule has 0 amide bonds. The number of aliphatic hydroxyl groups is 1. The largest absolute Gasteiger partial charge is 0.394 e. The maximum absolute atomic E-state index is 13.1. The minimum atomic E-state index is -0.301. The molecule has 2 aromatic heterocycles. The van der Waals surface area contributed by atoms with Gasteiger partial charge in [0.1, 0.15) is 11.6 Å². The van der Waals surface area contributed by atoms with Crippen molar-refractivity contribution in [2.24, 2.45) is 0 Å². The minimum absolute atomic E-state index is 0.0381. The van der Waals surface area contributed by atoms with E-state index >= 15 is 0 Å². The molecule has 0 spiro atoms. The number of hydrogen-bond donors (Lipinski definition) is 3. The molecule has 0 unspecified atom stereocenters. The zero-order valence-corrected chi connectivity index (χ0v) is 13.6. The highest BCUT2D eigenvalue weighted by atomic mass is 19.1. The van der Waals surface area contributed by atoms with E-state index in [4.69, 9.17) is 0 Å². The van der Waals surface area contributed by atoms with Gasteiger partial charge in [-0.15, -0.1) is 0 Å². The summed E-state index contributed by atoms with van der Waals surface area (Å²) in [5, 5.41) is 15.4. The molecule has 0 saturated heterocycles. The van der Waals surface area contributed by atoms with Gasteiger partial charge in [-0.05, 0) is 43.3 Å². The molecule has 3 aromatic rings. The molecule has 0 fully saturated rings. The molecule has 1 atom stereocenters. The summed E-state index contributed by atoms with van der Waals surface area (Å²) < 4.78 is 13.1. The molecular weight excluding hydrogens is 321 g/mol. The van der Waals surface area contributed by atoms with E-state index < -0.39 is 0 Å². The van der Waals surface area contributed by atoms with Crippen LogP contribution >= 0.6 is 0 Å². The highest BCUT2D eigenvalue weighted by molar-refractivity contribution is 5.67. The Morgan fingerprint density at radius 1 is 1.08 bits per heavy atom. The van der Waals surface area contributed by atoms with Gasteiger partial charge in [0.15, 0.2) is 0 Å². The Morgan fingerprint density at radius 3 is 2.48 bits per heavy atom. The fourth-order valence-corrected chi connectivity index (χ4v) is 2.19. The SMILES string of the molecule is C[C@@H](CO)Nc1nc(Nc2ccc(F)cc2)cc(-c2ccncc2)n1. The van der Waals surface area contributed by atoms with Crippen LogP contribution in [0.5, 0.6) is 0 Å². The number of aromatic nitrogens is 3. The minimum Gasteiger partial charge on any atom is -0.394 e. The summed E-state index contributed by atoms with van der Waals surface area (Å²) >= 11 is 0. The standard InChI is InChI=1S/C18H18FN5O/c1-12(11-25)21-18-23-16(13-6-8-20-9-7-13)10-17(24-18)22-15-4-2-14(19)3-5-15/h2-10,12,25H,11H2,1H3,(H2,21,22,23,24)/t12-/m0/s1. The summed E-state index contributed by atoms with van der Waals surface area (Å²) in [6.45, 7) is 1.79. The van der Waals surface area contributed by atoms with Crippen molar-refractivity contribution in [1.29, 1.82) is 0 Å². The number of anilines is 3. The monoisotopic (exact) mass is 339 g/mol. The summed E-state index contributed by atoms with van der Waals surface area (Å²) in [5.74, 6) is 0.645. The maximum atomic E-state index is 13.1. The number of rotatable bonds is 6. The van der Waals surface area contributed by atoms with Crippen LogP contribution in [0.4, 0.5) is 21.8 Å². The van der Waals surface area contributed by atoms with Gasteiger partial charge in [0.05, 0.1) is 12.3 Å². The summed E-state index contributed by atoms with van der Waals surface area (Å²) in [7, 11) is 0. The van der Waals surface area contributed by atoms with Gasteiger partial charge in [-0.3, -0.25) is 4.98 Å². The second-order valence-corrected chi connectivity index (χ2v) is 5.56. The van der Waals surface area contributed by atoms with E-state index in [1.807, 2.05) is 19.1 Å². The van der Waals surface area contributed by atoms with Crippen LogP contribution in [0.3, 0.4) is 0 Å². The zero-order chi connectivity index (χ0) is 17.6. The number of aliphatic hydroxyl groups excluding tert-OH is 1. The lowest BCUT2D eigenvalue weighted by Crippen LogP contribution is -2.21. The second kappa shape index (κ2) is 7.67. The fraction of sp³-hybridized carbons (Fsp3) is 0.167. The molecule has 128 valence electrons. The van der Waals surface area contributed by atoms with E-state index in [0.29, 0.717) is 23.1 Å². The first-order valence-corrected chi connectivity index (χ1v) is 7.83. The third-order valence-corrected chi connectivity index (χ3v) is 3.47. The van der Waals surface area contributed by atoms with Gasteiger partial charge in [0, 0.05) is 35.8 Å². The van der Waals surface area contributed by atoms with Crippen molar-refractivity contribution >= 4 is 17.5 Å². The van der Waals surface area contributed by atoms with E-state index in [1.54, 1.807) is 30.6 Å². The molecule has 2 heterocycles. The number of pyridine rings is 1. The topological polar surface area (TPSA) is 83.0 Å². The molecule has 0 aliphatic heterocycles. The highest BCUT2D eigenvalue weighted by Crippen LogP contribution is 2.23. The summed E-state index contributed by atoms with van der Waals surface area (Å²) in [4.78, 5) is 12.9. The Bertz CT molecular complexity index is 827. The fourth-order valence-electron chi connectivity index (χ4n) is 2.19. The van der Waals surface area contributed by atoms with Gasteiger partial charge in [-0.2, -0.15) is 4.98 Å². The lowest BCUT2D eigenvalue weighted by molar-refractivity contribution is 0.281. The Balaban J connectivity index is 1.95. The molecular formula is C18H18FN5O. The van der Waals surface area contributed by atoms with Crippen LogP contribution in [0.15, 0.2) is 54.9 Å². The molecule has 0 bridgehead atoms. The predicted octanol–water partition coefficient (Wildman–Crippen LogP) is 3.21. The normalized spacial score (nSPS) is 11.8. The predicted molar refractivity (Wildman–Crippen MR) is 95.1 cm³/mol. The van der Waals surface area contributed by atoms with Crippen LogP contribution in [-0.2, 0) is 0 Å². The molecule has 7 heteroatoms. The average Bonchev–Trinajstić information content (AvgIpc) is 2.64. The molecule has 0 radical (unpaired) electrons. The number of nitrogens with zero attached hydrogens (tertiary/aromatic N) is 3. The zero-order valence-electron chi connectivity index (χ0n) is 13.6. The first-order chi connectivity index (χ1) is 12.1. The lowest BCUT2D eigenvalue weighted by atomic mass is 10.2. The van der Waals surface area contributed by atoms with Crippen molar-refractivity contribution in [2.75, 3.05) is 17.2 Å². The van der Waals surface area contributed by atoms with E-state index in [9.17, 15) is 9.50 Å². The van der Waals surface area contributed by atoms with Crippen molar-refractivity contribution in [3.05, 3.63) is 60.7 Å². The maximum Gasteiger partial charge on any atom is 0.225 e. The van der Waals surface area contributed by atoms with Gasteiger partial charge in [-0.25, -0.2) is 9.37 Å². The first-order valence-electron chi connectivity index (χ1n) is 7.83. The van der Waals surface area contributed by atoms with E-state index in [2.05, 4.69) is 25.6 Å². The Hall–Kier alpha value is -3.06. The van der Waals surface area contributed by atoms with Crippen molar-refractivity contribution in [2.45, 2.75) is 13.0 Å². The van der Waals surface area contributed by atoms with Crippen molar-refractivity contribution < 1.29 is 9.50 Å². The van der Waals surface area contributed by atoms with Crippen LogP contribution < -0.4 is 10.6 Å². The Labute approximate surface area is 144 Å². The first kappa shape index (κ1) is 16.8. The Morgan fingerprint density at radius 2 is 1.80 bits per heavy atom. The number of halogens is 1. The molecule has 6 nitrogen and oxygen atoms in total. The van der Waals surface area contributed by atoms with Crippen molar-refractivity contribution in [3.63, 3.8) is 0 Å². The van der Waals surface area contributed by atoms with Crippen LogP contribution in [0.25, 0.3) is 11.3 Å². The number of benzene rings is 1. The molecule has 1 aromatic carbocycles. The number of nitrogens with one attached hydrogen (secondary N) is 2. The molecule has 3 N–H and O–H groups in total. The van der Waals surface area contributed by atoms with Crippen LogP contribution in [0.1, 0.15) is 6.92 Å². The summed E-state index contributed by atoms with van der Waals surface area (Å²) in [6.07, 6.45) is 3.38. The van der Waals surface area contributed by atoms with Gasteiger partial charge in [-0.1, -0.05) is 0 Å². The van der Waals surface area contributed by atoms with Gasteiger partial charge < -0.3 is 15.7 Å². The van der Waals surface area contributed by atoms with Crippen LogP contribution in [-0.4, -0.2) is 32.7 Å². The smallest absolute Gasteiger partial charge is 0.225 e. The van der Waals surface area contributed by atoms with Gasteiger partial charge in [0.25, 0.3) is 0 Å². The third kappa shape index (κ3) is 4.48. The van der Waals surface area contributed by atoms with Gasteiger partial charge in [0.2, 0.25) is 5.95 Å². The van der Waals surface area contributed by atoms with E-state index in [1.165, 1.54) is 12.1 Å². The van der Waals surface area contributed by atoms with Crippen LogP contribution in [0.2, 0.25) is 0 Å². The third-order valence-electron chi connectivity index (χ3n) is 3.47. The van der Waals surface area contributed by atoms with E-state index in [0.717, 1.165) is 5.56 Å². The molecule has 0 aliphatic carbocycles. The van der Waals surface area contributed by atoms with Gasteiger partial charge >= 0.3 is 0 Å². The van der Waals surface area contributed by atoms with Crippen LogP contribution in [0, 0.1) is 5.82 Å². The second-order valence-electron chi connectivity index (χ2n) is 5.56. The lowest BCUT2D eigenvalue weighted by Gasteiger charge is -2.14.